The minimum atomic E-state index is 0.0693. The fourth-order valence-corrected chi connectivity index (χ4v) is 2.86. The highest BCUT2D eigenvalue weighted by Crippen LogP contribution is 2.35. The van der Waals surface area contributed by atoms with Crippen molar-refractivity contribution in [3.05, 3.63) is 38.8 Å². The molecule has 0 atom stereocenters. The van der Waals surface area contributed by atoms with E-state index >= 15 is 0 Å². The normalized spacial score (nSPS) is 11.2. The van der Waals surface area contributed by atoms with Crippen LogP contribution in [0.25, 0.3) is 0 Å². The van der Waals surface area contributed by atoms with Gasteiger partial charge in [0.1, 0.15) is 4.34 Å². The Morgan fingerprint density at radius 3 is 2.75 bits per heavy atom. The molecule has 106 valence electrons. The molecule has 2 aromatic heterocycles. The highest BCUT2D eigenvalue weighted by atomic mass is 35.5. The molecule has 20 heavy (non-hydrogen) atoms. The van der Waals surface area contributed by atoms with E-state index in [0.717, 1.165) is 15.5 Å². The van der Waals surface area contributed by atoms with E-state index in [1.165, 1.54) is 4.88 Å². The van der Waals surface area contributed by atoms with Gasteiger partial charge in [-0.15, -0.1) is 11.3 Å². The molecule has 2 aromatic rings. The van der Waals surface area contributed by atoms with Crippen LogP contribution in [0.5, 0.6) is 0 Å². The van der Waals surface area contributed by atoms with Crippen molar-refractivity contribution >= 4 is 22.9 Å². The van der Waals surface area contributed by atoms with E-state index in [0.29, 0.717) is 6.54 Å². The summed E-state index contributed by atoms with van der Waals surface area (Å²) in [7, 11) is 0. The number of rotatable bonds is 2. The quantitative estimate of drug-likeness (QED) is 0.865. The molecule has 0 aromatic carbocycles. The van der Waals surface area contributed by atoms with Crippen molar-refractivity contribution in [2.75, 3.05) is 6.61 Å². The van der Waals surface area contributed by atoms with Gasteiger partial charge in [-0.25, -0.2) is 0 Å². The van der Waals surface area contributed by atoms with Crippen molar-refractivity contribution < 1.29 is 5.11 Å². The summed E-state index contributed by atoms with van der Waals surface area (Å²) in [5, 5.41) is 12.9. The molecule has 1 N–H and O–H groups in total. The lowest BCUT2D eigenvalue weighted by atomic mass is 9.94. The second-order valence-corrected chi connectivity index (χ2v) is 7.17. The molecule has 0 aliphatic heterocycles. The molecule has 2 heterocycles. The zero-order valence-corrected chi connectivity index (χ0v) is 13.3. The number of nitrogens with zero attached hydrogens (tertiary/aromatic N) is 2. The predicted molar refractivity (Wildman–Crippen MR) is 83.3 cm³/mol. The summed E-state index contributed by atoms with van der Waals surface area (Å²) in [5.41, 5.74) is 1.76. The van der Waals surface area contributed by atoms with Crippen LogP contribution in [0.4, 0.5) is 0 Å². The van der Waals surface area contributed by atoms with Crippen LogP contribution in [0, 0.1) is 11.8 Å². The van der Waals surface area contributed by atoms with Crippen molar-refractivity contribution in [2.45, 2.75) is 32.7 Å². The van der Waals surface area contributed by atoms with E-state index in [4.69, 9.17) is 16.7 Å². The Balaban J connectivity index is 2.22. The molecule has 0 saturated carbocycles. The van der Waals surface area contributed by atoms with Gasteiger partial charge in [-0.1, -0.05) is 44.2 Å². The molecule has 3 nitrogen and oxygen atoms in total. The van der Waals surface area contributed by atoms with Crippen LogP contribution in [0.15, 0.2) is 18.5 Å². The lowest BCUT2D eigenvalue weighted by Gasteiger charge is -2.14. The van der Waals surface area contributed by atoms with Crippen LogP contribution < -0.4 is 0 Å². The van der Waals surface area contributed by atoms with E-state index < -0.39 is 0 Å². The number of hydrogen-bond acceptors (Lipinski definition) is 3. The molecule has 5 heteroatoms. The smallest absolute Gasteiger partial charge is 0.109 e. The van der Waals surface area contributed by atoms with Gasteiger partial charge >= 0.3 is 0 Å². The Kier molecular flexibility index (Phi) is 4.54. The maximum atomic E-state index is 8.84. The van der Waals surface area contributed by atoms with Gasteiger partial charge in [-0.2, -0.15) is 5.10 Å². The highest BCUT2D eigenvalue weighted by Gasteiger charge is 2.18. The van der Waals surface area contributed by atoms with E-state index in [2.05, 4.69) is 43.8 Å². The van der Waals surface area contributed by atoms with Crippen molar-refractivity contribution in [2.24, 2.45) is 0 Å². The number of aliphatic hydroxyl groups is 1. The maximum Gasteiger partial charge on any atom is 0.109 e. The van der Waals surface area contributed by atoms with Crippen LogP contribution in [-0.2, 0) is 12.0 Å². The standard InChI is InChI=1S/C15H17ClN2OS/c1-15(2,3)13-8-12(14(16)20-13)5-4-11-9-17-18(10-11)6-7-19/h8-10,19H,6-7H2,1-3H3. The third kappa shape index (κ3) is 3.63. The number of aromatic nitrogens is 2. The zero-order chi connectivity index (χ0) is 14.8. The minimum absolute atomic E-state index is 0.0693. The first-order valence-electron chi connectivity index (χ1n) is 6.35. The average molecular weight is 309 g/mol. The first-order chi connectivity index (χ1) is 9.40. The van der Waals surface area contributed by atoms with Crippen molar-refractivity contribution in [1.82, 2.24) is 9.78 Å². The largest absolute Gasteiger partial charge is 0.394 e. The summed E-state index contributed by atoms with van der Waals surface area (Å²) in [6.45, 7) is 7.02. The maximum absolute atomic E-state index is 8.84. The number of thiophene rings is 1. The van der Waals surface area contributed by atoms with Gasteiger partial charge in [-0.05, 0) is 11.5 Å². The Morgan fingerprint density at radius 2 is 2.15 bits per heavy atom. The first kappa shape index (κ1) is 15.1. The molecule has 0 saturated heterocycles. The Morgan fingerprint density at radius 1 is 1.40 bits per heavy atom. The Hall–Kier alpha value is -1.28. The zero-order valence-electron chi connectivity index (χ0n) is 11.8. The molecule has 0 unspecified atom stereocenters. The summed E-state index contributed by atoms with van der Waals surface area (Å²) in [4.78, 5) is 1.22. The summed E-state index contributed by atoms with van der Waals surface area (Å²) in [6.07, 6.45) is 3.50. The van der Waals surface area contributed by atoms with Gasteiger partial charge in [0.2, 0.25) is 0 Å². The van der Waals surface area contributed by atoms with Crippen LogP contribution >= 0.6 is 22.9 Å². The summed E-state index contributed by atoms with van der Waals surface area (Å²) < 4.78 is 2.39. The molecule has 0 aliphatic carbocycles. The molecule has 0 amide bonds. The predicted octanol–water partition coefficient (Wildman–Crippen LogP) is 3.29. The minimum Gasteiger partial charge on any atom is -0.394 e. The summed E-state index contributed by atoms with van der Waals surface area (Å²) in [5.74, 6) is 6.14. The van der Waals surface area contributed by atoms with E-state index in [9.17, 15) is 0 Å². The third-order valence-electron chi connectivity index (χ3n) is 2.73. The van der Waals surface area contributed by atoms with Gasteiger partial charge in [0.05, 0.1) is 30.5 Å². The van der Waals surface area contributed by atoms with E-state index in [-0.39, 0.29) is 12.0 Å². The van der Waals surface area contributed by atoms with Crippen molar-refractivity contribution in [1.29, 1.82) is 0 Å². The second kappa shape index (κ2) is 6.01. The lowest BCUT2D eigenvalue weighted by molar-refractivity contribution is 0.269. The molecule has 0 aliphatic rings. The van der Waals surface area contributed by atoms with Crippen molar-refractivity contribution in [3.63, 3.8) is 0 Å². The fourth-order valence-electron chi connectivity index (χ4n) is 1.62. The van der Waals surface area contributed by atoms with Gasteiger partial charge in [0.25, 0.3) is 0 Å². The molecule has 0 bridgehead atoms. The first-order valence-corrected chi connectivity index (χ1v) is 7.55. The number of hydrogen-bond donors (Lipinski definition) is 1. The monoisotopic (exact) mass is 308 g/mol. The van der Waals surface area contributed by atoms with Crippen molar-refractivity contribution in [3.8, 4) is 11.8 Å². The van der Waals surface area contributed by atoms with Gasteiger partial charge < -0.3 is 5.11 Å². The van der Waals surface area contributed by atoms with Gasteiger partial charge in [0, 0.05) is 11.1 Å². The fraction of sp³-hybridized carbons (Fsp3) is 0.400. The van der Waals surface area contributed by atoms with Crippen LogP contribution in [-0.4, -0.2) is 21.5 Å². The van der Waals surface area contributed by atoms with Crippen LogP contribution in [0.2, 0.25) is 4.34 Å². The molecule has 0 radical (unpaired) electrons. The van der Waals surface area contributed by atoms with Gasteiger partial charge in [0.15, 0.2) is 0 Å². The molecule has 0 spiro atoms. The van der Waals surface area contributed by atoms with Crippen LogP contribution in [0.1, 0.15) is 36.8 Å². The molecule has 2 rings (SSSR count). The van der Waals surface area contributed by atoms with Gasteiger partial charge in [-0.3, -0.25) is 4.68 Å². The lowest BCUT2D eigenvalue weighted by Crippen LogP contribution is -2.07. The van der Waals surface area contributed by atoms with E-state index in [1.807, 2.05) is 6.20 Å². The topological polar surface area (TPSA) is 38.0 Å². The summed E-state index contributed by atoms with van der Waals surface area (Å²) >= 11 is 7.81. The Labute approximate surface area is 128 Å². The van der Waals surface area contributed by atoms with Crippen LogP contribution in [0.3, 0.4) is 0 Å². The second-order valence-electron chi connectivity index (χ2n) is 5.51. The third-order valence-corrected chi connectivity index (χ3v) is 4.51. The molecular weight excluding hydrogens is 292 g/mol. The van der Waals surface area contributed by atoms with E-state index in [1.54, 1.807) is 22.2 Å². The average Bonchev–Trinajstić information content (AvgIpc) is 2.93. The summed E-state index contributed by atoms with van der Waals surface area (Å²) in [6, 6.07) is 2.05. The SMILES string of the molecule is CC(C)(C)c1cc(C#Cc2cnn(CCO)c2)c(Cl)s1. The molecule has 0 fully saturated rings. The molecular formula is C15H17ClN2OS. The number of halogens is 1. The highest BCUT2D eigenvalue weighted by molar-refractivity contribution is 7.16. The Bertz CT molecular complexity index is 655. The number of aliphatic hydroxyl groups excluding tert-OH is 1.